The largest absolute Gasteiger partial charge is 0.494 e. The topological polar surface area (TPSA) is 48.1 Å². The maximum atomic E-state index is 5.89. The quantitative estimate of drug-likeness (QED) is 0.745. The van der Waals surface area contributed by atoms with Gasteiger partial charge in [0, 0.05) is 17.3 Å². The molecule has 0 radical (unpaired) electrons. The van der Waals surface area contributed by atoms with Crippen molar-refractivity contribution >= 4 is 16.6 Å². The van der Waals surface area contributed by atoms with Crippen LogP contribution in [0.3, 0.4) is 0 Å². The van der Waals surface area contributed by atoms with Crippen LogP contribution in [-0.4, -0.2) is 12.1 Å². The number of pyridine rings is 1. The number of ether oxygens (including phenoxy) is 1. The van der Waals surface area contributed by atoms with Crippen LogP contribution < -0.4 is 10.5 Å². The summed E-state index contributed by atoms with van der Waals surface area (Å²) in [5, 5.41) is 0.979. The second-order valence-electron chi connectivity index (χ2n) is 3.21. The Labute approximate surface area is 82.5 Å². The minimum Gasteiger partial charge on any atom is -0.494 e. The summed E-state index contributed by atoms with van der Waals surface area (Å²) in [6.07, 6.45) is 1.69. The molecule has 0 fully saturated rings. The Kier molecular flexibility index (Phi) is 2.00. The van der Waals surface area contributed by atoms with Crippen LogP contribution in [0.15, 0.2) is 24.4 Å². The molecule has 72 valence electrons. The molecule has 0 aliphatic carbocycles. The number of hydrogen-bond acceptors (Lipinski definition) is 3. The Morgan fingerprint density at radius 2 is 2.07 bits per heavy atom. The molecule has 0 unspecified atom stereocenters. The number of benzene rings is 1. The molecule has 2 aromatic rings. The number of rotatable bonds is 1. The number of nitrogen functional groups attached to an aromatic ring is 1. The molecule has 0 aliphatic rings. The Balaban J connectivity index is 2.91. The van der Waals surface area contributed by atoms with E-state index in [0.717, 1.165) is 27.9 Å². The monoisotopic (exact) mass is 188 g/mol. The lowest BCUT2D eigenvalue weighted by molar-refractivity contribution is 0.419. The van der Waals surface area contributed by atoms with Crippen LogP contribution in [0.2, 0.25) is 0 Å². The van der Waals surface area contributed by atoms with Gasteiger partial charge in [-0.25, -0.2) is 0 Å². The van der Waals surface area contributed by atoms with Crippen LogP contribution in [0, 0.1) is 6.92 Å². The van der Waals surface area contributed by atoms with E-state index < -0.39 is 0 Å². The second kappa shape index (κ2) is 3.18. The van der Waals surface area contributed by atoms with E-state index in [-0.39, 0.29) is 0 Å². The summed E-state index contributed by atoms with van der Waals surface area (Å²) in [4.78, 5) is 4.27. The van der Waals surface area contributed by atoms with Gasteiger partial charge in [0.25, 0.3) is 0 Å². The van der Waals surface area contributed by atoms with E-state index in [4.69, 9.17) is 10.5 Å². The fourth-order valence-electron chi connectivity index (χ4n) is 1.61. The maximum Gasteiger partial charge on any atom is 0.145 e. The van der Waals surface area contributed by atoms with Gasteiger partial charge >= 0.3 is 0 Å². The van der Waals surface area contributed by atoms with Crippen molar-refractivity contribution in [2.45, 2.75) is 6.92 Å². The molecule has 1 aromatic heterocycles. The first-order chi connectivity index (χ1) is 6.74. The molecule has 1 aromatic carbocycles. The molecule has 2 rings (SSSR count). The number of nitrogens with two attached hydrogens (primary N) is 1. The van der Waals surface area contributed by atoms with Crippen LogP contribution in [-0.2, 0) is 0 Å². The maximum absolute atomic E-state index is 5.89. The highest BCUT2D eigenvalue weighted by atomic mass is 16.5. The summed E-state index contributed by atoms with van der Waals surface area (Å²) in [6.45, 7) is 2.01. The SMILES string of the molecule is COc1ccc(C)c2c(N)ccnc12. The summed E-state index contributed by atoms with van der Waals surface area (Å²) in [5.41, 5.74) is 8.57. The summed E-state index contributed by atoms with van der Waals surface area (Å²) < 4.78 is 5.22. The molecule has 1 heterocycles. The number of fused-ring (bicyclic) bond motifs is 1. The lowest BCUT2D eigenvalue weighted by atomic mass is 10.1. The minimum atomic E-state index is 0.742. The van der Waals surface area contributed by atoms with Gasteiger partial charge < -0.3 is 10.5 Å². The van der Waals surface area contributed by atoms with Crippen molar-refractivity contribution in [2.24, 2.45) is 0 Å². The van der Waals surface area contributed by atoms with Gasteiger partial charge in [-0.15, -0.1) is 0 Å². The summed E-state index contributed by atoms with van der Waals surface area (Å²) >= 11 is 0. The number of nitrogens with zero attached hydrogens (tertiary/aromatic N) is 1. The normalized spacial score (nSPS) is 10.4. The van der Waals surface area contributed by atoms with Crippen molar-refractivity contribution in [3.63, 3.8) is 0 Å². The van der Waals surface area contributed by atoms with E-state index in [2.05, 4.69) is 4.98 Å². The molecule has 3 nitrogen and oxygen atoms in total. The first-order valence-corrected chi connectivity index (χ1v) is 4.42. The van der Waals surface area contributed by atoms with E-state index in [0.29, 0.717) is 0 Å². The van der Waals surface area contributed by atoms with Crippen LogP contribution in [0.25, 0.3) is 10.9 Å². The molecule has 0 spiro atoms. The highest BCUT2D eigenvalue weighted by Gasteiger charge is 2.06. The lowest BCUT2D eigenvalue weighted by Gasteiger charge is -2.08. The first kappa shape index (κ1) is 8.81. The highest BCUT2D eigenvalue weighted by Crippen LogP contribution is 2.29. The van der Waals surface area contributed by atoms with Gasteiger partial charge in [-0.05, 0) is 24.6 Å². The van der Waals surface area contributed by atoms with Gasteiger partial charge in [-0.3, -0.25) is 4.98 Å². The van der Waals surface area contributed by atoms with Crippen LogP contribution in [0.4, 0.5) is 5.69 Å². The van der Waals surface area contributed by atoms with Gasteiger partial charge in [0.1, 0.15) is 11.3 Å². The fraction of sp³-hybridized carbons (Fsp3) is 0.182. The zero-order valence-electron chi connectivity index (χ0n) is 8.24. The predicted octanol–water partition coefficient (Wildman–Crippen LogP) is 2.13. The number of anilines is 1. The summed E-state index contributed by atoms with van der Waals surface area (Å²) in [5.74, 6) is 0.762. The third-order valence-corrected chi connectivity index (χ3v) is 2.32. The zero-order chi connectivity index (χ0) is 10.1. The standard InChI is InChI=1S/C11H12N2O/c1-7-3-4-9(14-2)11-10(7)8(12)5-6-13-11/h3-6H,1-2H3,(H2,12,13). The van der Waals surface area contributed by atoms with Crippen molar-refractivity contribution in [1.82, 2.24) is 4.98 Å². The van der Waals surface area contributed by atoms with Crippen molar-refractivity contribution in [2.75, 3.05) is 12.8 Å². The van der Waals surface area contributed by atoms with E-state index >= 15 is 0 Å². The molecule has 14 heavy (non-hydrogen) atoms. The molecule has 2 N–H and O–H groups in total. The van der Waals surface area contributed by atoms with Crippen molar-refractivity contribution in [3.05, 3.63) is 30.0 Å². The van der Waals surface area contributed by atoms with Crippen molar-refractivity contribution in [1.29, 1.82) is 0 Å². The molecule has 3 heteroatoms. The third-order valence-electron chi connectivity index (χ3n) is 2.32. The summed E-state index contributed by atoms with van der Waals surface area (Å²) in [7, 11) is 1.63. The number of hydrogen-bond donors (Lipinski definition) is 1. The van der Waals surface area contributed by atoms with Crippen LogP contribution in [0.5, 0.6) is 5.75 Å². The molecular formula is C11H12N2O. The third kappa shape index (κ3) is 1.18. The smallest absolute Gasteiger partial charge is 0.145 e. The van der Waals surface area contributed by atoms with Crippen LogP contribution in [0.1, 0.15) is 5.56 Å². The first-order valence-electron chi connectivity index (χ1n) is 4.42. The van der Waals surface area contributed by atoms with Gasteiger partial charge in [-0.2, -0.15) is 0 Å². The Hall–Kier alpha value is -1.77. The zero-order valence-corrected chi connectivity index (χ0v) is 8.24. The van der Waals surface area contributed by atoms with Crippen LogP contribution >= 0.6 is 0 Å². The lowest BCUT2D eigenvalue weighted by Crippen LogP contribution is -1.94. The number of aryl methyl sites for hydroxylation is 1. The van der Waals surface area contributed by atoms with Crippen molar-refractivity contribution < 1.29 is 4.74 Å². The van der Waals surface area contributed by atoms with E-state index in [1.807, 2.05) is 19.1 Å². The molecule has 0 amide bonds. The summed E-state index contributed by atoms with van der Waals surface area (Å²) in [6, 6.07) is 5.69. The molecule has 0 saturated heterocycles. The molecule has 0 aliphatic heterocycles. The number of aromatic nitrogens is 1. The van der Waals surface area contributed by atoms with Gasteiger partial charge in [0.05, 0.1) is 7.11 Å². The average Bonchev–Trinajstić information content (AvgIpc) is 2.18. The minimum absolute atomic E-state index is 0.742. The van der Waals surface area contributed by atoms with E-state index in [1.165, 1.54) is 0 Å². The van der Waals surface area contributed by atoms with Gasteiger partial charge in [0.2, 0.25) is 0 Å². The van der Waals surface area contributed by atoms with Gasteiger partial charge in [0.15, 0.2) is 0 Å². The highest BCUT2D eigenvalue weighted by molar-refractivity contribution is 5.96. The Morgan fingerprint density at radius 3 is 2.79 bits per heavy atom. The van der Waals surface area contributed by atoms with E-state index in [1.54, 1.807) is 19.4 Å². The fourth-order valence-corrected chi connectivity index (χ4v) is 1.61. The Morgan fingerprint density at radius 1 is 1.29 bits per heavy atom. The van der Waals surface area contributed by atoms with Gasteiger partial charge in [-0.1, -0.05) is 6.07 Å². The average molecular weight is 188 g/mol. The molecular weight excluding hydrogens is 176 g/mol. The molecule has 0 atom stereocenters. The Bertz CT molecular complexity index is 472. The van der Waals surface area contributed by atoms with Crippen molar-refractivity contribution in [3.8, 4) is 5.75 Å². The molecule has 0 saturated carbocycles. The predicted molar refractivity (Wildman–Crippen MR) is 57.4 cm³/mol. The number of methoxy groups -OCH3 is 1. The molecule has 0 bridgehead atoms. The van der Waals surface area contributed by atoms with E-state index in [9.17, 15) is 0 Å². The second-order valence-corrected chi connectivity index (χ2v) is 3.21.